The SMILES string of the molecule is C#Cc1c(F)ccc2cc(O)cc(-c3c(F)c4nc(OC[C@@]56CCCN5C[C@H](F)C6)nc(N5CC6CCC(C5)N6)c4c(=O)n3CC3CC3)c12. The zero-order chi connectivity index (χ0) is 33.6. The number of rotatable bonds is 7. The Labute approximate surface area is 281 Å². The molecule has 2 bridgehead atoms. The van der Waals surface area contributed by atoms with E-state index in [9.17, 15) is 14.3 Å². The van der Waals surface area contributed by atoms with Crippen LogP contribution in [-0.4, -0.2) is 81.1 Å². The average Bonchev–Trinajstić information content (AvgIpc) is 3.62. The minimum absolute atomic E-state index is 0.0497. The molecule has 1 saturated carbocycles. The first kappa shape index (κ1) is 30.7. The number of anilines is 1. The van der Waals surface area contributed by atoms with Crippen LogP contribution in [0.4, 0.5) is 19.0 Å². The molecule has 4 aromatic rings. The molecule has 254 valence electrons. The fraction of sp³-hybridized carbons (Fsp3) is 0.486. The summed E-state index contributed by atoms with van der Waals surface area (Å²) in [5, 5.41) is 15.1. The van der Waals surface area contributed by atoms with E-state index < -0.39 is 28.9 Å². The van der Waals surface area contributed by atoms with Crippen LogP contribution in [0.2, 0.25) is 0 Å². The number of hydrogen-bond donors (Lipinski definition) is 2. The van der Waals surface area contributed by atoms with E-state index >= 15 is 8.78 Å². The number of benzene rings is 2. The van der Waals surface area contributed by atoms with Gasteiger partial charge in [-0.2, -0.15) is 9.97 Å². The maximum Gasteiger partial charge on any atom is 0.319 e. The van der Waals surface area contributed by atoms with Crippen LogP contribution in [0.3, 0.4) is 0 Å². The van der Waals surface area contributed by atoms with Gasteiger partial charge in [0.15, 0.2) is 5.82 Å². The predicted octanol–water partition coefficient (Wildman–Crippen LogP) is 4.88. The summed E-state index contributed by atoms with van der Waals surface area (Å²) in [5.41, 5.74) is -1.30. The Hall–Kier alpha value is -4.34. The van der Waals surface area contributed by atoms with Crippen LogP contribution >= 0.6 is 0 Å². The number of pyridine rings is 1. The second kappa shape index (κ2) is 11.4. The van der Waals surface area contributed by atoms with Crippen molar-refractivity contribution in [2.75, 3.05) is 37.7 Å². The molecule has 9 nitrogen and oxygen atoms in total. The summed E-state index contributed by atoms with van der Waals surface area (Å²) in [6, 6.07) is 5.75. The highest BCUT2D eigenvalue weighted by Gasteiger charge is 2.49. The molecule has 0 spiro atoms. The van der Waals surface area contributed by atoms with Gasteiger partial charge in [-0.3, -0.25) is 9.69 Å². The summed E-state index contributed by atoms with van der Waals surface area (Å²) in [4.78, 5) is 28.3. The third-order valence-electron chi connectivity index (χ3n) is 11.3. The molecule has 0 radical (unpaired) electrons. The molecule has 1 aliphatic carbocycles. The normalized spacial score (nSPS) is 26.5. The molecule has 4 saturated heterocycles. The lowest BCUT2D eigenvalue weighted by Crippen LogP contribution is -2.51. The number of aromatic nitrogens is 3. The number of alkyl halides is 1. The number of ether oxygens (including phenoxy) is 1. The molecule has 2 aromatic heterocycles. The van der Waals surface area contributed by atoms with Gasteiger partial charge in [0.2, 0.25) is 0 Å². The molecular formula is C37H37F3N6O3. The molecule has 0 amide bonds. The van der Waals surface area contributed by atoms with Gasteiger partial charge in [-0.05, 0) is 74.6 Å². The van der Waals surface area contributed by atoms with Crippen molar-refractivity contribution in [3.63, 3.8) is 0 Å². The minimum atomic E-state index is -0.951. The van der Waals surface area contributed by atoms with Gasteiger partial charge >= 0.3 is 6.01 Å². The Bertz CT molecular complexity index is 2120. The molecule has 4 aliphatic heterocycles. The lowest BCUT2D eigenvalue weighted by molar-refractivity contribution is 0.107. The predicted molar refractivity (Wildman–Crippen MR) is 180 cm³/mol. The summed E-state index contributed by atoms with van der Waals surface area (Å²) in [6.45, 7) is 2.67. The lowest BCUT2D eigenvalue weighted by atomic mass is 9.95. The topological polar surface area (TPSA) is 95.8 Å². The molecule has 12 heteroatoms. The van der Waals surface area contributed by atoms with Gasteiger partial charge in [0.1, 0.15) is 41.1 Å². The molecule has 2 aromatic carbocycles. The summed E-state index contributed by atoms with van der Waals surface area (Å²) in [7, 11) is 0. The highest BCUT2D eigenvalue weighted by Crippen LogP contribution is 2.43. The van der Waals surface area contributed by atoms with Gasteiger partial charge < -0.3 is 24.6 Å². The van der Waals surface area contributed by atoms with Crippen molar-refractivity contribution in [1.29, 1.82) is 0 Å². The smallest absolute Gasteiger partial charge is 0.319 e. The molecule has 9 rings (SSSR count). The average molecular weight is 671 g/mol. The van der Waals surface area contributed by atoms with E-state index in [1.54, 1.807) is 0 Å². The van der Waals surface area contributed by atoms with Crippen molar-refractivity contribution in [2.45, 2.75) is 75.3 Å². The Kier molecular flexibility index (Phi) is 7.11. The number of hydrogen-bond acceptors (Lipinski definition) is 8. The van der Waals surface area contributed by atoms with Crippen molar-refractivity contribution < 1.29 is 23.0 Å². The number of piperazine rings is 1. The van der Waals surface area contributed by atoms with Gasteiger partial charge in [-0.1, -0.05) is 12.0 Å². The van der Waals surface area contributed by atoms with Crippen molar-refractivity contribution in [3.8, 4) is 35.4 Å². The standard InChI is InChI=1S/C37H37F3N6O3/c1-2-26-28(39)9-6-21-12-25(47)13-27(29(21)26)33-31(40)32-30(35(48)46(33)15-20-4-5-20)34(44-17-23-7-8-24(18-44)41-23)43-36(42-32)49-19-37-10-3-11-45(37)16-22(38)14-37/h1,6,9,12-13,20,22-24,41,47H,3-5,7-8,10-11,14-19H2/t22-,23?,24?,37+/m1/s1. The second-order valence-corrected chi connectivity index (χ2v) is 14.6. The first-order chi connectivity index (χ1) is 23.7. The highest BCUT2D eigenvalue weighted by atomic mass is 19.1. The number of phenolic OH excluding ortho intramolecular Hbond substituents is 1. The summed E-state index contributed by atoms with van der Waals surface area (Å²) in [5.74, 6) is 1.19. The van der Waals surface area contributed by atoms with Crippen molar-refractivity contribution >= 4 is 27.5 Å². The Balaban J connectivity index is 1.28. The van der Waals surface area contributed by atoms with Gasteiger partial charge in [0.05, 0.1) is 16.8 Å². The van der Waals surface area contributed by atoms with Gasteiger partial charge in [-0.25, -0.2) is 13.2 Å². The minimum Gasteiger partial charge on any atom is -0.508 e. The zero-order valence-corrected chi connectivity index (χ0v) is 27.0. The zero-order valence-electron chi connectivity index (χ0n) is 27.0. The van der Waals surface area contributed by atoms with E-state index in [1.807, 2.05) is 4.90 Å². The van der Waals surface area contributed by atoms with Gasteiger partial charge in [-0.15, -0.1) is 6.42 Å². The molecule has 4 atom stereocenters. The molecular weight excluding hydrogens is 633 g/mol. The Morgan fingerprint density at radius 2 is 1.88 bits per heavy atom. The first-order valence-electron chi connectivity index (χ1n) is 17.3. The fourth-order valence-electron chi connectivity index (χ4n) is 8.91. The first-order valence-corrected chi connectivity index (χ1v) is 17.3. The van der Waals surface area contributed by atoms with Gasteiger partial charge in [0, 0.05) is 55.6 Å². The van der Waals surface area contributed by atoms with E-state index in [-0.39, 0.29) is 76.0 Å². The fourth-order valence-corrected chi connectivity index (χ4v) is 8.91. The maximum atomic E-state index is 17.5. The molecule has 2 unspecified atom stereocenters. The Morgan fingerprint density at radius 1 is 1.08 bits per heavy atom. The molecule has 5 aliphatic rings. The molecule has 5 fully saturated rings. The van der Waals surface area contributed by atoms with E-state index in [1.165, 1.54) is 28.8 Å². The van der Waals surface area contributed by atoms with Crippen molar-refractivity contribution in [2.24, 2.45) is 5.92 Å². The monoisotopic (exact) mass is 670 g/mol. The number of aromatic hydroxyl groups is 1. The maximum absolute atomic E-state index is 17.5. The van der Waals surface area contributed by atoms with Gasteiger partial charge in [0.25, 0.3) is 5.56 Å². The van der Waals surface area contributed by atoms with Crippen LogP contribution in [0.25, 0.3) is 32.9 Å². The van der Waals surface area contributed by atoms with E-state index in [0.29, 0.717) is 37.3 Å². The largest absolute Gasteiger partial charge is 0.508 e. The number of nitrogens with one attached hydrogen (secondary N) is 1. The van der Waals surface area contributed by atoms with Crippen LogP contribution in [0, 0.1) is 29.9 Å². The molecule has 6 heterocycles. The second-order valence-electron chi connectivity index (χ2n) is 14.6. The number of fused-ring (bicyclic) bond motifs is 5. The molecule has 2 N–H and O–H groups in total. The summed E-state index contributed by atoms with van der Waals surface area (Å²) >= 11 is 0. The van der Waals surface area contributed by atoms with Crippen LogP contribution in [-0.2, 0) is 6.54 Å². The third-order valence-corrected chi connectivity index (χ3v) is 11.3. The summed E-state index contributed by atoms with van der Waals surface area (Å²) < 4.78 is 54.9. The van der Waals surface area contributed by atoms with E-state index in [4.69, 9.17) is 16.1 Å². The van der Waals surface area contributed by atoms with Crippen LogP contribution in [0.1, 0.15) is 50.5 Å². The van der Waals surface area contributed by atoms with Crippen molar-refractivity contribution in [3.05, 3.63) is 51.8 Å². The summed E-state index contributed by atoms with van der Waals surface area (Å²) in [6.07, 6.45) is 10.6. The van der Waals surface area contributed by atoms with Crippen LogP contribution in [0.15, 0.2) is 29.1 Å². The number of terminal acetylenes is 1. The molecule has 49 heavy (non-hydrogen) atoms. The Morgan fingerprint density at radius 3 is 2.63 bits per heavy atom. The highest BCUT2D eigenvalue weighted by molar-refractivity contribution is 6.03. The van der Waals surface area contributed by atoms with E-state index in [0.717, 1.165) is 45.1 Å². The quantitative estimate of drug-likeness (QED) is 0.269. The number of halogens is 3. The van der Waals surface area contributed by atoms with Crippen LogP contribution < -0.4 is 20.5 Å². The third kappa shape index (κ3) is 5.04. The van der Waals surface area contributed by atoms with Crippen molar-refractivity contribution in [1.82, 2.24) is 24.8 Å². The lowest BCUT2D eigenvalue weighted by Gasteiger charge is -2.34. The number of nitrogens with zero attached hydrogens (tertiary/aromatic N) is 5. The van der Waals surface area contributed by atoms with Crippen LogP contribution in [0.5, 0.6) is 11.8 Å². The van der Waals surface area contributed by atoms with E-state index in [2.05, 4.69) is 21.1 Å². The number of phenols is 1.